The van der Waals surface area contributed by atoms with Crippen LogP contribution >= 0.6 is 11.6 Å². The standard InChI is InChI=1S/C17H12ClN5/c18-13-8-6-12(7-9-13)11-20-16-15(10-19)17(23-22-16)21-14-4-2-1-3-5-14/h1-9,11H,(H2,21,22,23)/b20-11+. The molecule has 0 spiro atoms. The summed E-state index contributed by atoms with van der Waals surface area (Å²) in [6.07, 6.45) is 1.65. The van der Waals surface area contributed by atoms with Crippen molar-refractivity contribution < 1.29 is 0 Å². The van der Waals surface area contributed by atoms with Gasteiger partial charge in [-0.2, -0.15) is 10.4 Å². The first kappa shape index (κ1) is 14.8. The highest BCUT2D eigenvalue weighted by atomic mass is 35.5. The Hall–Kier alpha value is -3.10. The van der Waals surface area contributed by atoms with Crippen LogP contribution in [0.15, 0.2) is 59.6 Å². The predicted molar refractivity (Wildman–Crippen MR) is 91.7 cm³/mol. The largest absolute Gasteiger partial charge is 0.338 e. The molecule has 0 aliphatic rings. The Morgan fingerprint density at radius 3 is 2.57 bits per heavy atom. The van der Waals surface area contributed by atoms with Crippen LogP contribution in [0.3, 0.4) is 0 Å². The molecule has 0 fully saturated rings. The van der Waals surface area contributed by atoms with Gasteiger partial charge in [-0.05, 0) is 29.8 Å². The van der Waals surface area contributed by atoms with E-state index in [1.807, 2.05) is 42.5 Å². The Labute approximate surface area is 138 Å². The Kier molecular flexibility index (Phi) is 4.37. The first-order valence-corrected chi connectivity index (χ1v) is 7.24. The normalized spacial score (nSPS) is 10.6. The minimum atomic E-state index is 0.360. The second-order valence-corrected chi connectivity index (χ2v) is 5.14. The number of benzene rings is 2. The van der Waals surface area contributed by atoms with Crippen LogP contribution in [0, 0.1) is 11.3 Å². The molecular weight excluding hydrogens is 310 g/mol. The zero-order chi connectivity index (χ0) is 16.1. The number of hydrogen-bond donors (Lipinski definition) is 2. The summed E-state index contributed by atoms with van der Waals surface area (Å²) in [5.41, 5.74) is 2.09. The van der Waals surface area contributed by atoms with Crippen molar-refractivity contribution in [1.82, 2.24) is 10.2 Å². The number of aromatic amines is 1. The highest BCUT2D eigenvalue weighted by Crippen LogP contribution is 2.25. The lowest BCUT2D eigenvalue weighted by atomic mass is 10.2. The molecule has 2 N–H and O–H groups in total. The number of para-hydroxylation sites is 1. The van der Waals surface area contributed by atoms with Crippen LogP contribution in [0.4, 0.5) is 17.3 Å². The van der Waals surface area contributed by atoms with Crippen molar-refractivity contribution in [2.24, 2.45) is 4.99 Å². The number of nitriles is 1. The second-order valence-electron chi connectivity index (χ2n) is 4.71. The molecule has 2 aromatic carbocycles. The minimum absolute atomic E-state index is 0.360. The van der Waals surface area contributed by atoms with Gasteiger partial charge in [-0.1, -0.05) is 41.9 Å². The van der Waals surface area contributed by atoms with Crippen LogP contribution in [-0.2, 0) is 0 Å². The third kappa shape index (κ3) is 3.57. The fraction of sp³-hybridized carbons (Fsp3) is 0. The number of halogens is 1. The molecule has 0 atom stereocenters. The number of aliphatic imine (C=N–C) groups is 1. The van der Waals surface area contributed by atoms with E-state index in [1.165, 1.54) is 0 Å². The lowest BCUT2D eigenvalue weighted by Gasteiger charge is -2.01. The average Bonchev–Trinajstić information content (AvgIpc) is 2.97. The van der Waals surface area contributed by atoms with Gasteiger partial charge in [-0.3, -0.25) is 5.10 Å². The summed E-state index contributed by atoms with van der Waals surface area (Å²) in [4.78, 5) is 4.29. The second kappa shape index (κ2) is 6.77. The molecule has 0 radical (unpaired) electrons. The summed E-state index contributed by atoms with van der Waals surface area (Å²) in [5, 5.41) is 20.0. The van der Waals surface area contributed by atoms with E-state index < -0.39 is 0 Å². The van der Waals surface area contributed by atoms with Gasteiger partial charge >= 0.3 is 0 Å². The van der Waals surface area contributed by atoms with Gasteiger partial charge in [0.15, 0.2) is 11.6 Å². The van der Waals surface area contributed by atoms with Crippen molar-refractivity contribution in [2.45, 2.75) is 0 Å². The fourth-order valence-electron chi connectivity index (χ4n) is 1.97. The zero-order valence-corrected chi connectivity index (χ0v) is 12.7. The highest BCUT2D eigenvalue weighted by molar-refractivity contribution is 6.30. The molecule has 3 rings (SSSR count). The van der Waals surface area contributed by atoms with Gasteiger partial charge in [0.25, 0.3) is 0 Å². The molecule has 0 saturated carbocycles. The number of nitrogens with one attached hydrogen (secondary N) is 2. The van der Waals surface area contributed by atoms with Gasteiger partial charge in [-0.25, -0.2) is 4.99 Å². The maximum Gasteiger partial charge on any atom is 0.172 e. The van der Waals surface area contributed by atoms with E-state index in [2.05, 4.69) is 26.6 Å². The van der Waals surface area contributed by atoms with Gasteiger partial charge in [0.05, 0.1) is 0 Å². The van der Waals surface area contributed by atoms with Gasteiger partial charge in [0.2, 0.25) is 0 Å². The summed E-state index contributed by atoms with van der Waals surface area (Å²) in [6, 6.07) is 18.9. The molecule has 0 unspecified atom stereocenters. The zero-order valence-electron chi connectivity index (χ0n) is 12.0. The predicted octanol–water partition coefficient (Wildman–Crippen LogP) is 4.43. The van der Waals surface area contributed by atoms with Crippen LogP contribution < -0.4 is 5.32 Å². The monoisotopic (exact) mass is 321 g/mol. The van der Waals surface area contributed by atoms with Crippen molar-refractivity contribution in [2.75, 3.05) is 5.32 Å². The van der Waals surface area contributed by atoms with E-state index in [1.54, 1.807) is 18.3 Å². The molecule has 1 heterocycles. The quantitative estimate of drug-likeness (QED) is 0.698. The van der Waals surface area contributed by atoms with E-state index in [0.29, 0.717) is 22.2 Å². The molecular formula is C17H12ClN5. The molecule has 6 heteroatoms. The SMILES string of the molecule is N#Cc1c(Nc2ccccc2)n[nH]c1/N=C/c1ccc(Cl)cc1. The summed E-state index contributed by atoms with van der Waals surface area (Å²) in [6.45, 7) is 0. The maximum absolute atomic E-state index is 9.36. The van der Waals surface area contributed by atoms with E-state index in [4.69, 9.17) is 11.6 Å². The Morgan fingerprint density at radius 1 is 1.13 bits per heavy atom. The van der Waals surface area contributed by atoms with Crippen LogP contribution in [0.1, 0.15) is 11.1 Å². The average molecular weight is 322 g/mol. The van der Waals surface area contributed by atoms with E-state index in [0.717, 1.165) is 11.3 Å². The lowest BCUT2D eigenvalue weighted by molar-refractivity contribution is 1.09. The van der Waals surface area contributed by atoms with E-state index in [9.17, 15) is 5.26 Å². The molecule has 3 aromatic rings. The van der Waals surface area contributed by atoms with Crippen molar-refractivity contribution in [3.05, 3.63) is 70.7 Å². The molecule has 23 heavy (non-hydrogen) atoms. The van der Waals surface area contributed by atoms with Crippen LogP contribution in [-0.4, -0.2) is 16.4 Å². The minimum Gasteiger partial charge on any atom is -0.338 e. The summed E-state index contributed by atoms with van der Waals surface area (Å²) >= 11 is 5.84. The number of nitrogens with zero attached hydrogens (tertiary/aromatic N) is 3. The van der Waals surface area contributed by atoms with Crippen molar-refractivity contribution in [3.8, 4) is 6.07 Å². The maximum atomic E-state index is 9.36. The summed E-state index contributed by atoms with van der Waals surface area (Å²) < 4.78 is 0. The third-order valence-corrected chi connectivity index (χ3v) is 3.36. The fourth-order valence-corrected chi connectivity index (χ4v) is 2.09. The Balaban J connectivity index is 1.84. The van der Waals surface area contributed by atoms with Crippen molar-refractivity contribution in [1.29, 1.82) is 5.26 Å². The molecule has 0 bridgehead atoms. The van der Waals surface area contributed by atoms with E-state index in [-0.39, 0.29) is 0 Å². The van der Waals surface area contributed by atoms with Crippen LogP contribution in [0.2, 0.25) is 5.02 Å². The molecule has 0 saturated heterocycles. The van der Waals surface area contributed by atoms with E-state index >= 15 is 0 Å². The smallest absolute Gasteiger partial charge is 0.172 e. The number of H-pyrrole nitrogens is 1. The molecule has 0 aliphatic heterocycles. The van der Waals surface area contributed by atoms with Gasteiger partial charge < -0.3 is 5.32 Å². The Morgan fingerprint density at radius 2 is 1.87 bits per heavy atom. The Bertz CT molecular complexity index is 860. The highest BCUT2D eigenvalue weighted by Gasteiger charge is 2.12. The van der Waals surface area contributed by atoms with Crippen LogP contribution in [0.5, 0.6) is 0 Å². The van der Waals surface area contributed by atoms with Crippen molar-refractivity contribution in [3.63, 3.8) is 0 Å². The van der Waals surface area contributed by atoms with Gasteiger partial charge in [0.1, 0.15) is 11.6 Å². The number of hydrogen-bond acceptors (Lipinski definition) is 4. The topological polar surface area (TPSA) is 76.9 Å². The lowest BCUT2D eigenvalue weighted by Crippen LogP contribution is -1.92. The number of anilines is 2. The number of aromatic nitrogens is 2. The third-order valence-electron chi connectivity index (χ3n) is 3.11. The van der Waals surface area contributed by atoms with Crippen molar-refractivity contribution >= 4 is 35.1 Å². The number of rotatable bonds is 4. The summed E-state index contributed by atoms with van der Waals surface area (Å²) in [7, 11) is 0. The molecule has 0 amide bonds. The van der Waals surface area contributed by atoms with Gasteiger partial charge in [0, 0.05) is 16.9 Å². The summed E-state index contributed by atoms with van der Waals surface area (Å²) in [5.74, 6) is 0.850. The first-order valence-electron chi connectivity index (χ1n) is 6.86. The molecule has 0 aliphatic carbocycles. The molecule has 112 valence electrons. The van der Waals surface area contributed by atoms with Crippen LogP contribution in [0.25, 0.3) is 0 Å². The molecule has 5 nitrogen and oxygen atoms in total. The van der Waals surface area contributed by atoms with Gasteiger partial charge in [-0.15, -0.1) is 0 Å². The molecule has 1 aromatic heterocycles. The first-order chi connectivity index (χ1) is 11.3.